The Balaban J connectivity index is 1.17. The summed E-state index contributed by atoms with van der Waals surface area (Å²) >= 11 is 0. The molecule has 4 nitrogen and oxygen atoms in total. The molecule has 47 heavy (non-hydrogen) atoms. The van der Waals surface area contributed by atoms with Gasteiger partial charge >= 0.3 is 0 Å². The highest BCUT2D eigenvalue weighted by molar-refractivity contribution is 5.99. The van der Waals surface area contributed by atoms with Crippen molar-refractivity contribution in [3.05, 3.63) is 163 Å². The van der Waals surface area contributed by atoms with Gasteiger partial charge in [-0.1, -0.05) is 121 Å². The Bertz CT molecular complexity index is 2390. The van der Waals surface area contributed by atoms with Gasteiger partial charge in [0, 0.05) is 34.1 Å². The maximum Gasteiger partial charge on any atom is 0.164 e. The van der Waals surface area contributed by atoms with Crippen LogP contribution in [0.25, 0.3) is 66.5 Å². The van der Waals surface area contributed by atoms with E-state index in [0.29, 0.717) is 17.5 Å². The Kier molecular flexibility index (Phi) is 6.71. The Morgan fingerprint density at radius 2 is 1.21 bits per heavy atom. The van der Waals surface area contributed by atoms with Gasteiger partial charge in [-0.25, -0.2) is 15.0 Å². The molecule has 0 saturated heterocycles. The minimum Gasteiger partial charge on any atom is -0.460 e. The summed E-state index contributed by atoms with van der Waals surface area (Å²) < 4.78 is 6.49. The molecule has 0 amide bonds. The van der Waals surface area contributed by atoms with Gasteiger partial charge in [-0.05, 0) is 70.5 Å². The Morgan fingerprint density at radius 1 is 0.511 bits per heavy atom. The molecule has 7 aromatic rings. The lowest BCUT2D eigenvalue weighted by molar-refractivity contribution is 0.545. The fraction of sp³-hybridized carbons (Fsp3) is 0.0930. The summed E-state index contributed by atoms with van der Waals surface area (Å²) in [4.78, 5) is 15.3. The monoisotopic (exact) mass is 605 g/mol. The maximum absolute atomic E-state index is 6.49. The SMILES string of the molecule is C1=CC(c2nc(C3=CCCc4oc5ccc(-c6ccc7ccccc7c6)cc5c43)nc(-c3ccc(-c4ccccc4)cc3)n2)=CCC1. The molecule has 0 saturated carbocycles. The zero-order chi connectivity index (χ0) is 31.2. The van der Waals surface area contributed by atoms with E-state index in [9.17, 15) is 0 Å². The number of aryl methyl sites for hydroxylation is 1. The molecule has 0 unspecified atom stereocenters. The molecule has 2 aliphatic rings. The number of allylic oxidation sites excluding steroid dienone is 5. The first kappa shape index (κ1) is 27.4. The lowest BCUT2D eigenvalue weighted by Crippen LogP contribution is -2.08. The molecule has 0 spiro atoms. The molecule has 2 aliphatic carbocycles. The van der Waals surface area contributed by atoms with Crippen LogP contribution in [0.2, 0.25) is 0 Å². The number of benzene rings is 5. The lowest BCUT2D eigenvalue weighted by atomic mass is 9.92. The number of hydrogen-bond acceptors (Lipinski definition) is 4. The van der Waals surface area contributed by atoms with Crippen LogP contribution >= 0.6 is 0 Å². The minimum absolute atomic E-state index is 0.669. The zero-order valence-electron chi connectivity index (χ0n) is 25.9. The largest absolute Gasteiger partial charge is 0.460 e. The highest BCUT2D eigenvalue weighted by Gasteiger charge is 2.25. The quantitative estimate of drug-likeness (QED) is 0.196. The van der Waals surface area contributed by atoms with Crippen LogP contribution in [-0.2, 0) is 6.42 Å². The minimum atomic E-state index is 0.669. The first-order valence-corrected chi connectivity index (χ1v) is 16.3. The van der Waals surface area contributed by atoms with Crippen LogP contribution in [0.4, 0.5) is 0 Å². The van der Waals surface area contributed by atoms with Gasteiger partial charge in [-0.2, -0.15) is 0 Å². The molecule has 0 atom stereocenters. The van der Waals surface area contributed by atoms with E-state index in [1.807, 2.05) is 6.07 Å². The van der Waals surface area contributed by atoms with Crippen LogP contribution in [0, 0.1) is 0 Å². The molecule has 0 aliphatic heterocycles. The standard InChI is InChI=1S/C43H31N3O/c1-3-10-28(11-4-1)30-18-21-32(22-19-30)42-44-41(31-13-5-2-6-14-31)45-43(46-42)36-16-9-17-39-40(36)37-27-35(24-25-38(37)47-39)34-23-20-29-12-7-8-15-33(29)26-34/h1,3-5,7-8,10-16,18-27H,2,6,9,17H2. The number of hydrogen-bond donors (Lipinski definition) is 0. The molecular formula is C43H31N3O. The van der Waals surface area contributed by atoms with Crippen molar-refractivity contribution >= 4 is 32.9 Å². The fourth-order valence-electron chi connectivity index (χ4n) is 6.80. The zero-order valence-corrected chi connectivity index (χ0v) is 25.9. The van der Waals surface area contributed by atoms with Gasteiger partial charge in [-0.3, -0.25) is 0 Å². The van der Waals surface area contributed by atoms with E-state index in [1.54, 1.807) is 0 Å². The van der Waals surface area contributed by atoms with E-state index in [0.717, 1.165) is 75.8 Å². The van der Waals surface area contributed by atoms with Crippen LogP contribution < -0.4 is 0 Å². The highest BCUT2D eigenvalue weighted by atomic mass is 16.3. The molecule has 9 rings (SSSR count). The van der Waals surface area contributed by atoms with Crippen molar-refractivity contribution in [1.82, 2.24) is 15.0 Å². The summed E-state index contributed by atoms with van der Waals surface area (Å²) in [5.74, 6) is 3.03. The number of nitrogens with zero attached hydrogens (tertiary/aromatic N) is 3. The van der Waals surface area contributed by atoms with Gasteiger partial charge < -0.3 is 4.42 Å². The van der Waals surface area contributed by atoms with Gasteiger partial charge in [0.1, 0.15) is 11.3 Å². The number of rotatable bonds is 5. The number of fused-ring (bicyclic) bond motifs is 4. The van der Waals surface area contributed by atoms with Crippen molar-refractivity contribution in [2.45, 2.75) is 25.7 Å². The molecule has 0 bridgehead atoms. The predicted octanol–water partition coefficient (Wildman–Crippen LogP) is 10.9. The number of aromatic nitrogens is 3. The Morgan fingerprint density at radius 3 is 2.06 bits per heavy atom. The Labute approximate surface area is 273 Å². The maximum atomic E-state index is 6.49. The first-order chi connectivity index (χ1) is 23.3. The van der Waals surface area contributed by atoms with Gasteiger partial charge in [0.25, 0.3) is 0 Å². The summed E-state index contributed by atoms with van der Waals surface area (Å²) in [6.45, 7) is 0. The van der Waals surface area contributed by atoms with E-state index < -0.39 is 0 Å². The lowest BCUT2D eigenvalue weighted by Gasteiger charge is -2.15. The average molecular weight is 606 g/mol. The molecule has 5 aromatic carbocycles. The van der Waals surface area contributed by atoms with Crippen molar-refractivity contribution in [3.8, 4) is 33.6 Å². The van der Waals surface area contributed by atoms with Gasteiger partial charge in [0.05, 0.1) is 0 Å². The first-order valence-electron chi connectivity index (χ1n) is 16.3. The van der Waals surface area contributed by atoms with Crippen molar-refractivity contribution in [3.63, 3.8) is 0 Å². The van der Waals surface area contributed by atoms with Gasteiger partial charge in [0.2, 0.25) is 0 Å². The molecule has 2 heterocycles. The second-order valence-corrected chi connectivity index (χ2v) is 12.2. The molecular weight excluding hydrogens is 574 g/mol. The summed E-state index contributed by atoms with van der Waals surface area (Å²) in [6.07, 6.45) is 12.5. The van der Waals surface area contributed by atoms with Crippen LogP contribution in [0.1, 0.15) is 42.2 Å². The van der Waals surface area contributed by atoms with E-state index >= 15 is 0 Å². The van der Waals surface area contributed by atoms with Gasteiger partial charge in [0.15, 0.2) is 17.5 Å². The molecule has 0 fully saturated rings. The van der Waals surface area contributed by atoms with E-state index in [4.69, 9.17) is 19.4 Å². The van der Waals surface area contributed by atoms with E-state index in [2.05, 4.69) is 133 Å². The van der Waals surface area contributed by atoms with Crippen molar-refractivity contribution in [2.24, 2.45) is 0 Å². The molecule has 0 radical (unpaired) electrons. The van der Waals surface area contributed by atoms with Crippen LogP contribution in [0.15, 0.2) is 144 Å². The van der Waals surface area contributed by atoms with Crippen LogP contribution in [0.3, 0.4) is 0 Å². The predicted molar refractivity (Wildman–Crippen MR) is 192 cm³/mol. The van der Waals surface area contributed by atoms with Crippen molar-refractivity contribution in [1.29, 1.82) is 0 Å². The average Bonchev–Trinajstić information content (AvgIpc) is 3.53. The molecule has 2 aromatic heterocycles. The summed E-state index contributed by atoms with van der Waals surface area (Å²) in [6, 6.07) is 40.6. The molecule has 4 heteroatoms. The summed E-state index contributed by atoms with van der Waals surface area (Å²) in [7, 11) is 0. The van der Waals surface area contributed by atoms with Crippen molar-refractivity contribution < 1.29 is 4.42 Å². The number of furan rings is 1. The van der Waals surface area contributed by atoms with Crippen LogP contribution in [-0.4, -0.2) is 15.0 Å². The normalized spacial score (nSPS) is 14.2. The highest BCUT2D eigenvalue weighted by Crippen LogP contribution is 2.40. The topological polar surface area (TPSA) is 51.8 Å². The van der Waals surface area contributed by atoms with Crippen molar-refractivity contribution in [2.75, 3.05) is 0 Å². The molecule has 0 N–H and O–H groups in total. The summed E-state index contributed by atoms with van der Waals surface area (Å²) in [5.41, 5.74) is 9.66. The smallest absolute Gasteiger partial charge is 0.164 e. The second kappa shape index (κ2) is 11.5. The second-order valence-electron chi connectivity index (χ2n) is 12.2. The van der Waals surface area contributed by atoms with E-state index in [1.165, 1.54) is 21.9 Å². The van der Waals surface area contributed by atoms with Crippen LogP contribution in [0.5, 0.6) is 0 Å². The third kappa shape index (κ3) is 5.08. The summed E-state index contributed by atoms with van der Waals surface area (Å²) in [5, 5.41) is 3.56. The fourth-order valence-corrected chi connectivity index (χ4v) is 6.80. The molecule has 224 valence electrons. The van der Waals surface area contributed by atoms with Gasteiger partial charge in [-0.15, -0.1) is 0 Å². The van der Waals surface area contributed by atoms with E-state index in [-0.39, 0.29) is 0 Å². The third-order valence-electron chi connectivity index (χ3n) is 9.21. The third-order valence-corrected chi connectivity index (χ3v) is 9.21. The Hall–Kier alpha value is -5.87.